The van der Waals surface area contributed by atoms with Crippen LogP contribution in [0, 0.1) is 5.92 Å². The average molecular weight is 185 g/mol. The molecule has 1 aliphatic carbocycles. The fourth-order valence-corrected chi connectivity index (χ4v) is 1.75. The zero-order valence-corrected chi connectivity index (χ0v) is 6.96. The van der Waals surface area contributed by atoms with Crippen molar-refractivity contribution < 1.29 is 19.8 Å². The summed E-state index contributed by atoms with van der Waals surface area (Å²) in [5.41, 5.74) is 0. The first kappa shape index (κ1) is 8.68. The molecule has 2 rings (SSSR count). The molecule has 1 heterocycles. The third-order valence-electron chi connectivity index (χ3n) is 2.54. The normalized spacial score (nSPS) is 42.0. The van der Waals surface area contributed by atoms with Gasteiger partial charge in [0.25, 0.3) is 5.91 Å². The summed E-state index contributed by atoms with van der Waals surface area (Å²) in [5, 5.41) is 19.5. The fraction of sp³-hybridized carbons (Fsp3) is 0.625. The lowest BCUT2D eigenvalue weighted by molar-refractivity contribution is -0.309. The topological polar surface area (TPSA) is 70.0 Å². The Morgan fingerprint density at radius 1 is 1.54 bits per heavy atom. The molecule has 2 aliphatic rings. The first-order chi connectivity index (χ1) is 6.18. The molecule has 1 saturated carbocycles. The number of aliphatic hydroxyl groups excluding tert-OH is 2. The maximum atomic E-state index is 11.2. The van der Waals surface area contributed by atoms with Crippen LogP contribution in [0.3, 0.4) is 0 Å². The van der Waals surface area contributed by atoms with Crippen molar-refractivity contribution in [2.45, 2.75) is 18.2 Å². The maximum Gasteiger partial charge on any atom is 0.254 e. The van der Waals surface area contributed by atoms with E-state index in [2.05, 4.69) is 6.58 Å². The number of rotatable bonds is 3. The lowest BCUT2D eigenvalue weighted by atomic mass is 9.67. The zero-order valence-electron chi connectivity index (χ0n) is 6.96. The number of fused-ring (bicyclic) bond motifs is 1. The van der Waals surface area contributed by atoms with Crippen LogP contribution in [0.4, 0.5) is 0 Å². The van der Waals surface area contributed by atoms with Gasteiger partial charge in [0.15, 0.2) is 0 Å². The molecule has 0 aromatic rings. The van der Waals surface area contributed by atoms with Crippen LogP contribution in [-0.4, -0.2) is 46.0 Å². The van der Waals surface area contributed by atoms with E-state index < -0.39 is 18.1 Å². The van der Waals surface area contributed by atoms with Crippen molar-refractivity contribution in [2.75, 3.05) is 6.61 Å². The largest absolute Gasteiger partial charge is 0.389 e. The number of amides is 1. The van der Waals surface area contributed by atoms with Gasteiger partial charge in [-0.3, -0.25) is 9.63 Å². The molecule has 4 atom stereocenters. The standard InChI is InChI=1S/C8H11NO4/c1-2-3-13-9-5-4(8(9)12)6(10)7(5)11/h2,4-7,10-11H,1,3H2. The van der Waals surface area contributed by atoms with E-state index in [1.807, 2.05) is 0 Å². The quantitative estimate of drug-likeness (QED) is 0.422. The van der Waals surface area contributed by atoms with Gasteiger partial charge in [-0.1, -0.05) is 6.08 Å². The van der Waals surface area contributed by atoms with Gasteiger partial charge in [-0.15, -0.1) is 6.58 Å². The Hall–Kier alpha value is -0.910. The van der Waals surface area contributed by atoms with Crippen LogP contribution >= 0.6 is 0 Å². The Morgan fingerprint density at radius 2 is 2.23 bits per heavy atom. The van der Waals surface area contributed by atoms with Crippen molar-refractivity contribution in [1.82, 2.24) is 5.06 Å². The van der Waals surface area contributed by atoms with Crippen LogP contribution in [0.5, 0.6) is 0 Å². The molecule has 2 N–H and O–H groups in total. The lowest BCUT2D eigenvalue weighted by Crippen LogP contribution is -2.79. The van der Waals surface area contributed by atoms with Gasteiger partial charge in [0.05, 0.1) is 18.6 Å². The summed E-state index contributed by atoms with van der Waals surface area (Å²) in [5.74, 6) is -0.718. The molecule has 0 spiro atoms. The Morgan fingerprint density at radius 3 is 2.85 bits per heavy atom. The van der Waals surface area contributed by atoms with E-state index >= 15 is 0 Å². The molecular weight excluding hydrogens is 174 g/mol. The third-order valence-corrected chi connectivity index (χ3v) is 2.54. The zero-order chi connectivity index (χ0) is 9.59. The molecule has 5 nitrogen and oxygen atoms in total. The van der Waals surface area contributed by atoms with Crippen LogP contribution in [-0.2, 0) is 9.63 Å². The molecule has 0 aromatic carbocycles. The molecular formula is C8H11NO4. The van der Waals surface area contributed by atoms with Crippen molar-refractivity contribution in [3.8, 4) is 0 Å². The maximum absolute atomic E-state index is 11.2. The molecule has 1 amide bonds. The van der Waals surface area contributed by atoms with E-state index in [1.165, 1.54) is 6.08 Å². The van der Waals surface area contributed by atoms with E-state index in [1.54, 1.807) is 0 Å². The van der Waals surface area contributed by atoms with Crippen LogP contribution in [0.2, 0.25) is 0 Å². The number of carbonyl (C=O) groups excluding carboxylic acids is 1. The first-order valence-corrected chi connectivity index (χ1v) is 4.11. The van der Waals surface area contributed by atoms with E-state index in [0.717, 1.165) is 5.06 Å². The van der Waals surface area contributed by atoms with Gasteiger partial charge in [-0.25, -0.2) is 5.06 Å². The van der Waals surface area contributed by atoms with Gasteiger partial charge in [-0.05, 0) is 0 Å². The number of aliphatic hydroxyl groups is 2. The molecule has 0 radical (unpaired) electrons. The molecule has 72 valence electrons. The molecule has 4 unspecified atom stereocenters. The van der Waals surface area contributed by atoms with Crippen LogP contribution < -0.4 is 0 Å². The number of hydrogen-bond acceptors (Lipinski definition) is 4. The van der Waals surface area contributed by atoms with Crippen molar-refractivity contribution in [1.29, 1.82) is 0 Å². The summed E-state index contributed by atoms with van der Waals surface area (Å²) < 4.78 is 0. The van der Waals surface area contributed by atoms with E-state index in [0.29, 0.717) is 0 Å². The first-order valence-electron chi connectivity index (χ1n) is 4.11. The Kier molecular flexibility index (Phi) is 1.87. The average Bonchev–Trinajstić information content (AvgIpc) is 2.13. The molecule has 1 aliphatic heterocycles. The summed E-state index contributed by atoms with van der Waals surface area (Å²) in [6.45, 7) is 3.67. The van der Waals surface area contributed by atoms with Crippen molar-refractivity contribution in [2.24, 2.45) is 5.92 Å². The van der Waals surface area contributed by atoms with Gasteiger partial charge in [0, 0.05) is 0 Å². The monoisotopic (exact) mass is 185 g/mol. The minimum atomic E-state index is -0.916. The predicted molar refractivity (Wildman–Crippen MR) is 42.3 cm³/mol. The SMILES string of the molecule is C=CCON1C(=O)C2C(O)C(O)C21. The van der Waals surface area contributed by atoms with Gasteiger partial charge in [0.1, 0.15) is 12.1 Å². The van der Waals surface area contributed by atoms with Crippen LogP contribution in [0.1, 0.15) is 0 Å². The van der Waals surface area contributed by atoms with Crippen LogP contribution in [0.15, 0.2) is 12.7 Å². The minimum absolute atomic E-state index is 0.234. The van der Waals surface area contributed by atoms with Crippen molar-refractivity contribution in [3.05, 3.63) is 12.7 Å². The van der Waals surface area contributed by atoms with Gasteiger partial charge in [0.2, 0.25) is 0 Å². The second-order valence-electron chi connectivity index (χ2n) is 3.25. The van der Waals surface area contributed by atoms with E-state index in [-0.39, 0.29) is 18.6 Å². The highest BCUT2D eigenvalue weighted by atomic mass is 16.7. The van der Waals surface area contributed by atoms with Crippen molar-refractivity contribution in [3.63, 3.8) is 0 Å². The van der Waals surface area contributed by atoms with Gasteiger partial charge in [-0.2, -0.15) is 0 Å². The predicted octanol–water partition coefficient (Wildman–Crippen LogP) is -1.33. The highest BCUT2D eigenvalue weighted by molar-refractivity contribution is 5.88. The van der Waals surface area contributed by atoms with Crippen LogP contribution in [0.25, 0.3) is 0 Å². The lowest BCUT2D eigenvalue weighted by Gasteiger charge is -2.58. The van der Waals surface area contributed by atoms with Crippen molar-refractivity contribution >= 4 is 5.91 Å². The summed E-state index contributed by atoms with van der Waals surface area (Å²) in [7, 11) is 0. The molecule has 5 heteroatoms. The van der Waals surface area contributed by atoms with E-state index in [4.69, 9.17) is 9.94 Å². The highest BCUT2D eigenvalue weighted by Gasteiger charge is 2.66. The Balaban J connectivity index is 1.94. The second kappa shape index (κ2) is 2.80. The summed E-state index contributed by atoms with van der Waals surface area (Å²) >= 11 is 0. The number of β-lactam (4-membered cyclic amide) rings is 1. The summed E-state index contributed by atoms with van der Waals surface area (Å²) in [4.78, 5) is 16.2. The number of carbonyl (C=O) groups is 1. The number of nitrogens with zero attached hydrogens (tertiary/aromatic N) is 1. The Bertz CT molecular complexity index is 255. The molecule has 0 aromatic heterocycles. The van der Waals surface area contributed by atoms with Gasteiger partial charge < -0.3 is 10.2 Å². The molecule has 0 bridgehead atoms. The summed E-state index contributed by atoms with van der Waals surface area (Å²) in [6.07, 6.45) is -0.268. The van der Waals surface area contributed by atoms with E-state index in [9.17, 15) is 9.90 Å². The minimum Gasteiger partial charge on any atom is -0.389 e. The molecule has 1 saturated heterocycles. The second-order valence-corrected chi connectivity index (χ2v) is 3.25. The van der Waals surface area contributed by atoms with Gasteiger partial charge >= 0.3 is 0 Å². The number of hydrogen-bond donors (Lipinski definition) is 2. The molecule has 2 fully saturated rings. The third kappa shape index (κ3) is 0.948. The number of hydroxylamine groups is 2. The molecule has 13 heavy (non-hydrogen) atoms. The fourth-order valence-electron chi connectivity index (χ4n) is 1.75. The Labute approximate surface area is 75.2 Å². The number of piperidine rings is 1. The smallest absolute Gasteiger partial charge is 0.254 e. The summed E-state index contributed by atoms with van der Waals surface area (Å²) in [6, 6.07) is -0.359. The highest BCUT2D eigenvalue weighted by Crippen LogP contribution is 2.43.